The molecule has 0 aromatic rings. The molecule has 0 aliphatic heterocycles. The van der Waals surface area contributed by atoms with Gasteiger partial charge in [0.1, 0.15) is 43.2 Å². The number of aliphatic hydroxyl groups excluding tert-OH is 6. The van der Waals surface area contributed by atoms with Crippen LogP contribution in [0.1, 0.15) is 181 Å². The molecule has 0 aromatic heterocycles. The highest BCUT2D eigenvalue weighted by Crippen LogP contribution is 2.49. The number of allylic oxidation sites excluding steroid dienone is 7. The Labute approximate surface area is 411 Å². The predicted molar refractivity (Wildman–Crippen MR) is 262 cm³/mol. The van der Waals surface area contributed by atoms with Gasteiger partial charge >= 0.3 is 27.6 Å². The molecule has 1 aliphatic carbocycles. The number of unbranched alkanes of at least 4 members (excludes halogenated alkanes) is 16. The molecular formula is C49H88O18P2. The Hall–Kier alpha value is -2.12. The van der Waals surface area contributed by atoms with E-state index < -0.39 is 95.7 Å². The number of rotatable bonds is 42. The smallest absolute Gasteiger partial charge is 0.462 e. The molecule has 0 heterocycles. The lowest BCUT2D eigenvalue weighted by atomic mass is 9.85. The molecule has 10 atom stereocenters. The second-order valence-electron chi connectivity index (χ2n) is 17.8. The van der Waals surface area contributed by atoms with Gasteiger partial charge in [-0.15, -0.1) is 0 Å². The Bertz CT molecular complexity index is 1550. The molecule has 1 aliphatic rings. The summed E-state index contributed by atoms with van der Waals surface area (Å²) in [5, 5.41) is 62.1. The van der Waals surface area contributed by atoms with Crippen molar-refractivity contribution >= 4 is 27.6 Å². The molecule has 0 aromatic carbocycles. The van der Waals surface area contributed by atoms with Gasteiger partial charge < -0.3 is 54.8 Å². The summed E-state index contributed by atoms with van der Waals surface area (Å²) in [6.07, 6.45) is 22.1. The van der Waals surface area contributed by atoms with E-state index in [1.807, 2.05) is 12.2 Å². The number of esters is 2. The Balaban J connectivity index is 2.67. The van der Waals surface area contributed by atoms with Crippen molar-refractivity contribution in [3.8, 4) is 0 Å². The first-order valence-corrected chi connectivity index (χ1v) is 28.4. The average molecular weight is 1030 g/mol. The second-order valence-corrected chi connectivity index (χ2v) is 20.4. The number of phosphoric ester groups is 2. The van der Waals surface area contributed by atoms with Gasteiger partial charge in [-0.25, -0.2) is 9.13 Å². The summed E-state index contributed by atoms with van der Waals surface area (Å²) in [6, 6.07) is 0. The fourth-order valence-electron chi connectivity index (χ4n) is 7.48. The molecule has 0 saturated heterocycles. The van der Waals surface area contributed by atoms with Crippen LogP contribution in [-0.4, -0.2) is 125 Å². The van der Waals surface area contributed by atoms with Crippen molar-refractivity contribution < 1.29 is 87.1 Å². The van der Waals surface area contributed by atoms with Gasteiger partial charge in [-0.05, 0) is 77.0 Å². The fraction of sp³-hybridized carbons (Fsp3) is 0.796. The lowest BCUT2D eigenvalue weighted by molar-refractivity contribution is -0.216. The van der Waals surface area contributed by atoms with E-state index in [1.165, 1.54) is 57.8 Å². The lowest BCUT2D eigenvalue weighted by Crippen LogP contribution is -2.64. The molecule has 0 amide bonds. The maximum Gasteiger partial charge on any atom is 0.472 e. The van der Waals surface area contributed by atoms with Gasteiger partial charge in [0.2, 0.25) is 0 Å². The van der Waals surface area contributed by atoms with Gasteiger partial charge in [0.15, 0.2) is 6.10 Å². The molecule has 0 bridgehead atoms. The van der Waals surface area contributed by atoms with Gasteiger partial charge in [0.25, 0.3) is 0 Å². The number of phosphoric acid groups is 2. The Kier molecular flexibility index (Phi) is 37.1. The summed E-state index contributed by atoms with van der Waals surface area (Å²) < 4.78 is 49.3. The molecule has 1 rings (SSSR count). The third kappa shape index (κ3) is 33.3. The lowest BCUT2D eigenvalue weighted by Gasteiger charge is -2.43. The zero-order valence-corrected chi connectivity index (χ0v) is 43.0. The van der Waals surface area contributed by atoms with Crippen molar-refractivity contribution in [1.29, 1.82) is 0 Å². The van der Waals surface area contributed by atoms with Crippen LogP contribution in [0.15, 0.2) is 48.6 Å². The first-order valence-electron chi connectivity index (χ1n) is 25.3. The average Bonchev–Trinajstić information content (AvgIpc) is 3.30. The van der Waals surface area contributed by atoms with Gasteiger partial charge in [-0.2, -0.15) is 0 Å². The monoisotopic (exact) mass is 1030 g/mol. The third-order valence-corrected chi connectivity index (χ3v) is 13.1. The largest absolute Gasteiger partial charge is 0.472 e. The van der Waals surface area contributed by atoms with E-state index in [4.69, 9.17) is 18.5 Å². The van der Waals surface area contributed by atoms with Crippen LogP contribution >= 0.6 is 15.6 Å². The maximum atomic E-state index is 13.0. The van der Waals surface area contributed by atoms with E-state index in [-0.39, 0.29) is 32.1 Å². The van der Waals surface area contributed by atoms with Crippen LogP contribution in [-0.2, 0) is 41.8 Å². The molecule has 9 N–H and O–H groups in total. The molecule has 1 saturated carbocycles. The molecule has 0 spiro atoms. The quantitative estimate of drug-likeness (QED) is 0.0121. The van der Waals surface area contributed by atoms with Crippen LogP contribution in [0.3, 0.4) is 0 Å². The van der Waals surface area contributed by atoms with E-state index in [1.54, 1.807) is 6.08 Å². The normalized spacial score (nSPS) is 22.4. The molecule has 18 nitrogen and oxygen atoms in total. The molecule has 7 unspecified atom stereocenters. The van der Waals surface area contributed by atoms with Gasteiger partial charge in [-0.1, -0.05) is 140 Å². The van der Waals surface area contributed by atoms with Crippen molar-refractivity contribution in [2.24, 2.45) is 0 Å². The van der Waals surface area contributed by atoms with Crippen LogP contribution < -0.4 is 0 Å². The number of carbonyl (C=O) groups excluding carboxylic acids is 2. The predicted octanol–water partition coefficient (Wildman–Crippen LogP) is 8.01. The van der Waals surface area contributed by atoms with Crippen molar-refractivity contribution in [2.75, 3.05) is 13.2 Å². The SMILES string of the molecule is CCCCC/C=C\C/C=C\C/C=C\CC(O)C(O)CCCC(=O)OC[C@H](COP(=O)(O)O[C@H]1C(O)C(O)C(O)[C@@H](OP(=O)(O)O)C1O)OC(=O)CCCCCCCCC/C=C\CCCCCCCC. The maximum absolute atomic E-state index is 13.0. The van der Waals surface area contributed by atoms with Gasteiger partial charge in [0.05, 0.1) is 18.8 Å². The number of aliphatic hydroxyl groups is 6. The summed E-state index contributed by atoms with van der Waals surface area (Å²) in [7, 11) is -10.8. The van der Waals surface area contributed by atoms with E-state index in [0.717, 1.165) is 64.2 Å². The van der Waals surface area contributed by atoms with E-state index in [2.05, 4.69) is 48.8 Å². The minimum Gasteiger partial charge on any atom is -0.462 e. The number of hydrogen-bond donors (Lipinski definition) is 9. The van der Waals surface area contributed by atoms with E-state index in [9.17, 15) is 64.0 Å². The Morgan fingerprint density at radius 3 is 1.57 bits per heavy atom. The highest BCUT2D eigenvalue weighted by Gasteiger charge is 2.54. The molecular weight excluding hydrogens is 938 g/mol. The minimum atomic E-state index is -5.40. The first-order chi connectivity index (χ1) is 32.9. The zero-order valence-electron chi connectivity index (χ0n) is 41.2. The number of hydrogen-bond acceptors (Lipinski definition) is 15. The summed E-state index contributed by atoms with van der Waals surface area (Å²) in [4.78, 5) is 54.4. The third-order valence-electron chi connectivity index (χ3n) is 11.6. The summed E-state index contributed by atoms with van der Waals surface area (Å²) in [5.41, 5.74) is 0. The number of carbonyl (C=O) groups is 2. The molecule has 402 valence electrons. The molecule has 69 heavy (non-hydrogen) atoms. The molecule has 1 fully saturated rings. The minimum absolute atomic E-state index is 0.0221. The highest BCUT2D eigenvalue weighted by atomic mass is 31.2. The van der Waals surface area contributed by atoms with Crippen LogP contribution in [0.25, 0.3) is 0 Å². The summed E-state index contributed by atoms with van der Waals surface area (Å²) in [6.45, 7) is 2.83. The highest BCUT2D eigenvalue weighted by molar-refractivity contribution is 7.47. The second kappa shape index (κ2) is 39.4. The number of ether oxygens (including phenoxy) is 2. The van der Waals surface area contributed by atoms with Crippen LogP contribution in [0.2, 0.25) is 0 Å². The topological polar surface area (TPSA) is 296 Å². The van der Waals surface area contributed by atoms with Crippen molar-refractivity contribution in [2.45, 2.75) is 236 Å². The van der Waals surface area contributed by atoms with Crippen LogP contribution in [0.5, 0.6) is 0 Å². The Morgan fingerprint density at radius 2 is 0.986 bits per heavy atom. The first kappa shape index (κ1) is 64.9. The zero-order chi connectivity index (χ0) is 51.3. The van der Waals surface area contributed by atoms with Crippen molar-refractivity contribution in [3.05, 3.63) is 48.6 Å². The summed E-state index contributed by atoms with van der Waals surface area (Å²) >= 11 is 0. The van der Waals surface area contributed by atoms with Crippen molar-refractivity contribution in [1.82, 2.24) is 0 Å². The van der Waals surface area contributed by atoms with E-state index >= 15 is 0 Å². The van der Waals surface area contributed by atoms with Gasteiger partial charge in [0, 0.05) is 12.8 Å². The van der Waals surface area contributed by atoms with Crippen LogP contribution in [0.4, 0.5) is 0 Å². The molecule has 0 radical (unpaired) electrons. The van der Waals surface area contributed by atoms with Gasteiger partial charge in [-0.3, -0.25) is 23.2 Å². The fourth-order valence-corrected chi connectivity index (χ4v) is 9.02. The standard InChI is InChI=1S/C49H88O18P2/c1-3-5-7-9-11-13-15-17-18-19-20-21-23-25-27-29-31-35-43(53)65-39(38-64-69(61,62)67-49-46(56)44(54)45(55)48(47(49)57)66-68(58,59)60)37-63-42(52)36-32-34-41(51)40(50)33-30-28-26-24-22-16-14-12-10-8-6-4-2/h12,14,17-18,22,24,28,30,39-41,44-51,54-57H,3-11,13,15-16,19-21,23,25-27,29,31-38H2,1-2H3,(H,61,62)(H2,58,59,60)/b14-12-,18-17-,24-22-,30-28-/t39-,40?,41?,44?,45?,46?,47?,48-,49+/m1/s1. The van der Waals surface area contributed by atoms with Crippen molar-refractivity contribution in [3.63, 3.8) is 0 Å². The summed E-state index contributed by atoms with van der Waals surface area (Å²) in [5.74, 6) is -1.49. The Morgan fingerprint density at radius 1 is 0.522 bits per heavy atom. The molecule has 20 heteroatoms. The van der Waals surface area contributed by atoms with Crippen LogP contribution in [0, 0.1) is 0 Å². The van der Waals surface area contributed by atoms with E-state index in [0.29, 0.717) is 12.8 Å².